The molecule has 4 rings (SSSR count). The smallest absolute Gasteiger partial charge is 0.137 e. The summed E-state index contributed by atoms with van der Waals surface area (Å²) < 4.78 is 2.13. The molecule has 1 saturated heterocycles. The largest absolute Gasteiger partial charge is 0.368 e. The average molecular weight is 292 g/mol. The summed E-state index contributed by atoms with van der Waals surface area (Å²) in [7, 11) is 0. The van der Waals surface area contributed by atoms with Gasteiger partial charge in [-0.1, -0.05) is 29.8 Å². The Hall–Kier alpha value is -2.33. The van der Waals surface area contributed by atoms with Crippen molar-refractivity contribution in [3.63, 3.8) is 0 Å². The number of imidazole rings is 1. The van der Waals surface area contributed by atoms with Crippen LogP contribution in [0.3, 0.4) is 0 Å². The van der Waals surface area contributed by atoms with Crippen molar-refractivity contribution in [2.45, 2.75) is 6.92 Å². The molecular weight excluding hydrogens is 272 g/mol. The fourth-order valence-corrected chi connectivity index (χ4v) is 2.95. The minimum atomic E-state index is 0.995. The molecule has 0 atom stereocenters. The zero-order valence-corrected chi connectivity index (χ0v) is 12.8. The quantitative estimate of drug-likeness (QED) is 0.788. The standard InChI is InChI=1S/C18H20N4/c1-14-2-4-15(5-3-14)17-13-22-12-16(6-7-18(22)20-17)21-10-8-19-9-11-21/h2-7,12-13,19H,8-11H2,1H3. The van der Waals surface area contributed by atoms with Gasteiger partial charge in [0.15, 0.2) is 0 Å². The highest BCUT2D eigenvalue weighted by Gasteiger charge is 2.12. The molecule has 0 unspecified atom stereocenters. The SMILES string of the molecule is Cc1ccc(-c2cn3cc(N4CCNCC4)ccc3n2)cc1. The summed E-state index contributed by atoms with van der Waals surface area (Å²) in [6.45, 7) is 6.33. The second-order valence-corrected chi connectivity index (χ2v) is 5.88. The number of hydrogen-bond acceptors (Lipinski definition) is 3. The Balaban J connectivity index is 1.69. The van der Waals surface area contributed by atoms with E-state index in [4.69, 9.17) is 4.98 Å². The van der Waals surface area contributed by atoms with E-state index in [1.807, 2.05) is 0 Å². The summed E-state index contributed by atoms with van der Waals surface area (Å²) >= 11 is 0. The van der Waals surface area contributed by atoms with Crippen LogP contribution in [0.4, 0.5) is 5.69 Å². The van der Waals surface area contributed by atoms with E-state index in [0.29, 0.717) is 0 Å². The Morgan fingerprint density at radius 2 is 1.73 bits per heavy atom. The summed E-state index contributed by atoms with van der Waals surface area (Å²) in [5.41, 5.74) is 5.72. The van der Waals surface area contributed by atoms with Crippen molar-refractivity contribution < 1.29 is 0 Å². The Labute approximate surface area is 130 Å². The van der Waals surface area contributed by atoms with E-state index in [-0.39, 0.29) is 0 Å². The summed E-state index contributed by atoms with van der Waals surface area (Å²) in [6.07, 6.45) is 4.30. The molecule has 0 saturated carbocycles. The Kier molecular flexibility index (Phi) is 3.31. The van der Waals surface area contributed by atoms with Crippen LogP contribution >= 0.6 is 0 Å². The fourth-order valence-electron chi connectivity index (χ4n) is 2.95. The normalized spacial score (nSPS) is 15.4. The van der Waals surface area contributed by atoms with Gasteiger partial charge in [-0.3, -0.25) is 0 Å². The topological polar surface area (TPSA) is 32.6 Å². The molecule has 1 aliphatic rings. The van der Waals surface area contributed by atoms with Crippen LogP contribution in [-0.4, -0.2) is 35.6 Å². The number of nitrogens with zero attached hydrogens (tertiary/aromatic N) is 3. The van der Waals surface area contributed by atoms with Crippen LogP contribution in [0.5, 0.6) is 0 Å². The van der Waals surface area contributed by atoms with Gasteiger partial charge in [-0.05, 0) is 19.1 Å². The fraction of sp³-hybridized carbons (Fsp3) is 0.278. The minimum Gasteiger partial charge on any atom is -0.368 e. The first-order valence-corrected chi connectivity index (χ1v) is 7.81. The van der Waals surface area contributed by atoms with E-state index in [1.165, 1.54) is 11.3 Å². The highest BCUT2D eigenvalue weighted by atomic mass is 15.2. The molecular formula is C18H20N4. The van der Waals surface area contributed by atoms with Crippen LogP contribution in [-0.2, 0) is 0 Å². The van der Waals surface area contributed by atoms with Gasteiger partial charge in [0.1, 0.15) is 5.65 Å². The highest BCUT2D eigenvalue weighted by molar-refractivity contribution is 5.64. The van der Waals surface area contributed by atoms with E-state index in [2.05, 4.69) is 70.3 Å². The molecule has 2 aromatic heterocycles. The number of aryl methyl sites for hydroxylation is 1. The van der Waals surface area contributed by atoms with Crippen LogP contribution in [0.25, 0.3) is 16.9 Å². The minimum absolute atomic E-state index is 0.995. The predicted molar refractivity (Wildman–Crippen MR) is 90.4 cm³/mol. The van der Waals surface area contributed by atoms with Gasteiger partial charge in [0.25, 0.3) is 0 Å². The maximum atomic E-state index is 4.73. The molecule has 112 valence electrons. The third-order valence-corrected chi connectivity index (χ3v) is 4.26. The second kappa shape index (κ2) is 5.46. The van der Waals surface area contributed by atoms with Crippen LogP contribution in [0.2, 0.25) is 0 Å². The van der Waals surface area contributed by atoms with E-state index < -0.39 is 0 Å². The molecule has 22 heavy (non-hydrogen) atoms. The molecule has 1 N–H and O–H groups in total. The Morgan fingerprint density at radius 1 is 0.955 bits per heavy atom. The number of benzene rings is 1. The predicted octanol–water partition coefficient (Wildman–Crippen LogP) is 2.72. The first-order chi connectivity index (χ1) is 10.8. The van der Waals surface area contributed by atoms with Crippen molar-refractivity contribution in [2.24, 2.45) is 0 Å². The maximum Gasteiger partial charge on any atom is 0.137 e. The van der Waals surface area contributed by atoms with Gasteiger partial charge in [-0.15, -0.1) is 0 Å². The molecule has 0 radical (unpaired) electrons. The van der Waals surface area contributed by atoms with Gasteiger partial charge in [-0.2, -0.15) is 0 Å². The lowest BCUT2D eigenvalue weighted by atomic mass is 10.1. The molecule has 4 heteroatoms. The number of fused-ring (bicyclic) bond motifs is 1. The average Bonchev–Trinajstić information content (AvgIpc) is 2.99. The van der Waals surface area contributed by atoms with Crippen molar-refractivity contribution in [1.29, 1.82) is 0 Å². The number of hydrogen-bond donors (Lipinski definition) is 1. The monoisotopic (exact) mass is 292 g/mol. The summed E-state index contributed by atoms with van der Waals surface area (Å²) in [5, 5.41) is 3.39. The van der Waals surface area contributed by atoms with Gasteiger partial charge >= 0.3 is 0 Å². The van der Waals surface area contributed by atoms with E-state index >= 15 is 0 Å². The molecule has 3 heterocycles. The number of piperazine rings is 1. The van der Waals surface area contributed by atoms with E-state index in [0.717, 1.165) is 43.1 Å². The van der Waals surface area contributed by atoms with Crippen molar-refractivity contribution in [3.8, 4) is 11.3 Å². The molecule has 0 bridgehead atoms. The number of aromatic nitrogens is 2. The molecule has 4 nitrogen and oxygen atoms in total. The van der Waals surface area contributed by atoms with Crippen LogP contribution < -0.4 is 10.2 Å². The van der Waals surface area contributed by atoms with Crippen LogP contribution in [0.1, 0.15) is 5.56 Å². The van der Waals surface area contributed by atoms with Crippen molar-refractivity contribution in [1.82, 2.24) is 14.7 Å². The van der Waals surface area contributed by atoms with Crippen LogP contribution in [0.15, 0.2) is 48.8 Å². The van der Waals surface area contributed by atoms with E-state index in [9.17, 15) is 0 Å². The van der Waals surface area contributed by atoms with E-state index in [1.54, 1.807) is 0 Å². The van der Waals surface area contributed by atoms with Gasteiger partial charge in [0, 0.05) is 44.1 Å². The summed E-state index contributed by atoms with van der Waals surface area (Å²) in [5.74, 6) is 0. The van der Waals surface area contributed by atoms with Crippen molar-refractivity contribution in [3.05, 3.63) is 54.4 Å². The molecule has 1 aliphatic heterocycles. The molecule has 3 aromatic rings. The molecule has 0 aliphatic carbocycles. The second-order valence-electron chi connectivity index (χ2n) is 5.88. The Morgan fingerprint density at radius 3 is 2.50 bits per heavy atom. The Bertz CT molecular complexity index is 782. The summed E-state index contributed by atoms with van der Waals surface area (Å²) in [4.78, 5) is 7.15. The number of anilines is 1. The summed E-state index contributed by atoms with van der Waals surface area (Å²) in [6, 6.07) is 12.8. The van der Waals surface area contributed by atoms with Gasteiger partial charge < -0.3 is 14.6 Å². The lowest BCUT2D eigenvalue weighted by Gasteiger charge is -2.29. The lowest BCUT2D eigenvalue weighted by molar-refractivity contribution is 0.588. The first-order valence-electron chi connectivity index (χ1n) is 7.81. The third kappa shape index (κ3) is 2.46. The number of rotatable bonds is 2. The molecule has 0 amide bonds. The molecule has 1 fully saturated rings. The van der Waals surface area contributed by atoms with Crippen molar-refractivity contribution in [2.75, 3.05) is 31.1 Å². The molecule has 0 spiro atoms. The number of nitrogens with one attached hydrogen (secondary N) is 1. The van der Waals surface area contributed by atoms with Gasteiger partial charge in [0.2, 0.25) is 0 Å². The number of pyridine rings is 1. The highest BCUT2D eigenvalue weighted by Crippen LogP contribution is 2.22. The first kappa shape index (κ1) is 13.3. The van der Waals surface area contributed by atoms with Gasteiger partial charge in [-0.25, -0.2) is 4.98 Å². The van der Waals surface area contributed by atoms with Crippen LogP contribution in [0, 0.1) is 6.92 Å². The third-order valence-electron chi connectivity index (χ3n) is 4.26. The zero-order valence-electron chi connectivity index (χ0n) is 12.8. The van der Waals surface area contributed by atoms with Gasteiger partial charge in [0.05, 0.1) is 11.4 Å². The maximum absolute atomic E-state index is 4.73. The van der Waals surface area contributed by atoms with Crippen molar-refractivity contribution >= 4 is 11.3 Å². The lowest BCUT2D eigenvalue weighted by Crippen LogP contribution is -2.43. The zero-order chi connectivity index (χ0) is 14.9. The molecule has 1 aromatic carbocycles.